The van der Waals surface area contributed by atoms with E-state index in [1.807, 2.05) is 0 Å². The van der Waals surface area contributed by atoms with E-state index < -0.39 is 17.7 Å². The number of aromatic nitrogens is 3. The van der Waals surface area contributed by atoms with Crippen molar-refractivity contribution in [1.29, 1.82) is 0 Å². The van der Waals surface area contributed by atoms with Crippen LogP contribution in [0.4, 0.5) is 13.2 Å². The highest BCUT2D eigenvalue weighted by Gasteiger charge is 2.33. The van der Waals surface area contributed by atoms with Gasteiger partial charge in [0.05, 0.1) is 24.1 Å². The highest BCUT2D eigenvalue weighted by Crippen LogP contribution is 2.32. The number of carbonyl (C=O) groups is 1. The molecule has 0 spiro atoms. The molecule has 0 saturated carbocycles. The Labute approximate surface area is 141 Å². The number of rotatable bonds is 4. The molecule has 0 bridgehead atoms. The quantitative estimate of drug-likeness (QED) is 0.675. The van der Waals surface area contributed by atoms with Gasteiger partial charge in [-0.15, -0.1) is 0 Å². The number of ether oxygens (including phenoxy) is 1. The number of nitrogens with zero attached hydrogens (tertiary/aromatic N) is 3. The summed E-state index contributed by atoms with van der Waals surface area (Å²) >= 11 is 0. The molecule has 8 heteroatoms. The van der Waals surface area contributed by atoms with E-state index in [0.29, 0.717) is 11.0 Å². The molecule has 5 nitrogen and oxygen atoms in total. The van der Waals surface area contributed by atoms with Gasteiger partial charge in [0.1, 0.15) is 0 Å². The Morgan fingerprint density at radius 1 is 1.20 bits per heavy atom. The number of fused-ring (bicyclic) bond motifs is 1. The molecule has 0 radical (unpaired) electrons. The van der Waals surface area contributed by atoms with Crippen LogP contribution >= 0.6 is 0 Å². The van der Waals surface area contributed by atoms with Gasteiger partial charge in [-0.05, 0) is 30.7 Å². The highest BCUT2D eigenvalue weighted by molar-refractivity contribution is 6.01. The summed E-state index contributed by atoms with van der Waals surface area (Å²) in [6, 6.07) is 8.50. The van der Waals surface area contributed by atoms with Crippen molar-refractivity contribution in [2.24, 2.45) is 0 Å². The molecule has 1 aromatic carbocycles. The largest absolute Gasteiger partial charge is 0.461 e. The summed E-state index contributed by atoms with van der Waals surface area (Å²) < 4.78 is 45.8. The van der Waals surface area contributed by atoms with Crippen LogP contribution < -0.4 is 0 Å². The monoisotopic (exact) mass is 349 g/mol. The molecule has 0 unspecified atom stereocenters. The number of hydrogen-bond acceptors (Lipinski definition) is 4. The SMILES string of the molecule is CCOC(=O)c1nn(Cc2ccccc2C(F)(F)F)c2ncccc12. The maximum absolute atomic E-state index is 13.2. The van der Waals surface area contributed by atoms with Gasteiger partial charge in [-0.3, -0.25) is 0 Å². The third-order valence-electron chi connectivity index (χ3n) is 3.62. The first-order valence-corrected chi connectivity index (χ1v) is 7.55. The lowest BCUT2D eigenvalue weighted by molar-refractivity contribution is -0.138. The van der Waals surface area contributed by atoms with Crippen LogP contribution in [0, 0.1) is 0 Å². The molecule has 3 rings (SSSR count). The van der Waals surface area contributed by atoms with E-state index in [-0.39, 0.29) is 24.4 Å². The fraction of sp³-hybridized carbons (Fsp3) is 0.235. The number of hydrogen-bond donors (Lipinski definition) is 0. The van der Waals surface area contributed by atoms with Crippen LogP contribution in [-0.4, -0.2) is 27.3 Å². The summed E-state index contributed by atoms with van der Waals surface area (Å²) in [5, 5.41) is 4.57. The molecule has 0 aliphatic heterocycles. The Balaban J connectivity index is 2.08. The van der Waals surface area contributed by atoms with Crippen molar-refractivity contribution in [3.8, 4) is 0 Å². The summed E-state index contributed by atoms with van der Waals surface area (Å²) in [6.45, 7) is 1.67. The minimum Gasteiger partial charge on any atom is -0.461 e. The van der Waals surface area contributed by atoms with E-state index in [2.05, 4.69) is 10.1 Å². The lowest BCUT2D eigenvalue weighted by Crippen LogP contribution is -2.13. The van der Waals surface area contributed by atoms with Crippen LogP contribution in [-0.2, 0) is 17.5 Å². The second-order valence-electron chi connectivity index (χ2n) is 5.26. The minimum atomic E-state index is -4.48. The number of alkyl halides is 3. The summed E-state index contributed by atoms with van der Waals surface area (Å²) in [5.74, 6) is -0.636. The molecule has 2 heterocycles. The van der Waals surface area contributed by atoms with Crippen molar-refractivity contribution in [2.45, 2.75) is 19.6 Å². The molecule has 3 aromatic rings. The van der Waals surface area contributed by atoms with Gasteiger partial charge < -0.3 is 4.74 Å². The highest BCUT2D eigenvalue weighted by atomic mass is 19.4. The van der Waals surface area contributed by atoms with Crippen molar-refractivity contribution in [3.05, 3.63) is 59.4 Å². The second-order valence-corrected chi connectivity index (χ2v) is 5.26. The molecule has 0 amide bonds. The maximum Gasteiger partial charge on any atom is 0.416 e. The van der Waals surface area contributed by atoms with E-state index in [1.54, 1.807) is 19.1 Å². The van der Waals surface area contributed by atoms with Crippen molar-refractivity contribution in [1.82, 2.24) is 14.8 Å². The number of carbonyl (C=O) groups excluding carboxylic acids is 1. The van der Waals surface area contributed by atoms with E-state index in [9.17, 15) is 18.0 Å². The van der Waals surface area contributed by atoms with Crippen LogP contribution in [0.15, 0.2) is 42.6 Å². The molecule has 0 atom stereocenters. The zero-order valence-electron chi connectivity index (χ0n) is 13.2. The predicted molar refractivity (Wildman–Crippen MR) is 84.0 cm³/mol. The molecule has 0 saturated heterocycles. The normalized spacial score (nSPS) is 11.7. The second kappa shape index (κ2) is 6.54. The summed E-state index contributed by atoms with van der Waals surface area (Å²) in [7, 11) is 0. The summed E-state index contributed by atoms with van der Waals surface area (Å²) in [6.07, 6.45) is -2.98. The molecule has 25 heavy (non-hydrogen) atoms. The topological polar surface area (TPSA) is 57.0 Å². The van der Waals surface area contributed by atoms with Crippen molar-refractivity contribution in [2.75, 3.05) is 6.61 Å². The van der Waals surface area contributed by atoms with Crippen LogP contribution in [0.1, 0.15) is 28.5 Å². The molecule has 0 fully saturated rings. The standard InChI is InChI=1S/C17H14F3N3O2/c1-2-25-16(24)14-12-7-5-9-21-15(12)23(22-14)10-11-6-3-4-8-13(11)17(18,19)20/h3-9H,2,10H2,1H3. The van der Waals surface area contributed by atoms with Crippen molar-refractivity contribution < 1.29 is 22.7 Å². The summed E-state index contributed by atoms with van der Waals surface area (Å²) in [4.78, 5) is 16.2. The molecular weight excluding hydrogens is 335 g/mol. The zero-order chi connectivity index (χ0) is 18.0. The molecule has 0 aliphatic rings. The van der Waals surface area contributed by atoms with Crippen molar-refractivity contribution in [3.63, 3.8) is 0 Å². The first-order valence-electron chi connectivity index (χ1n) is 7.55. The average Bonchev–Trinajstić information content (AvgIpc) is 2.94. The van der Waals surface area contributed by atoms with Crippen LogP contribution in [0.3, 0.4) is 0 Å². The van der Waals surface area contributed by atoms with Gasteiger partial charge in [0.2, 0.25) is 0 Å². The first kappa shape index (κ1) is 16.9. The number of pyridine rings is 1. The molecular formula is C17H14F3N3O2. The van der Waals surface area contributed by atoms with Gasteiger partial charge >= 0.3 is 12.1 Å². The Kier molecular flexibility index (Phi) is 4.43. The van der Waals surface area contributed by atoms with E-state index in [1.165, 1.54) is 29.1 Å². The summed E-state index contributed by atoms with van der Waals surface area (Å²) in [5.41, 5.74) is -0.343. The fourth-order valence-electron chi connectivity index (χ4n) is 2.57. The van der Waals surface area contributed by atoms with Crippen molar-refractivity contribution >= 4 is 17.0 Å². The predicted octanol–water partition coefficient (Wildman–Crippen LogP) is 3.68. The Morgan fingerprint density at radius 3 is 2.68 bits per heavy atom. The molecule has 130 valence electrons. The first-order chi connectivity index (χ1) is 11.9. The zero-order valence-corrected chi connectivity index (χ0v) is 13.2. The van der Waals surface area contributed by atoms with E-state index >= 15 is 0 Å². The number of benzene rings is 1. The van der Waals surface area contributed by atoms with Crippen LogP contribution in [0.5, 0.6) is 0 Å². The van der Waals surface area contributed by atoms with Gasteiger partial charge in [-0.1, -0.05) is 18.2 Å². The van der Waals surface area contributed by atoms with Gasteiger partial charge in [0.25, 0.3) is 0 Å². The molecule has 0 N–H and O–H groups in total. The third kappa shape index (κ3) is 3.33. The fourth-order valence-corrected chi connectivity index (χ4v) is 2.57. The van der Waals surface area contributed by atoms with E-state index in [4.69, 9.17) is 4.74 Å². The van der Waals surface area contributed by atoms with Crippen LogP contribution in [0.2, 0.25) is 0 Å². The molecule has 2 aromatic heterocycles. The van der Waals surface area contributed by atoms with E-state index in [0.717, 1.165) is 6.07 Å². The molecule has 0 aliphatic carbocycles. The van der Waals surface area contributed by atoms with Gasteiger partial charge in [0, 0.05) is 6.20 Å². The minimum absolute atomic E-state index is 0.0365. The lowest BCUT2D eigenvalue weighted by atomic mass is 10.1. The lowest BCUT2D eigenvalue weighted by Gasteiger charge is -2.12. The smallest absolute Gasteiger partial charge is 0.416 e. The average molecular weight is 349 g/mol. The van der Waals surface area contributed by atoms with Gasteiger partial charge in [-0.2, -0.15) is 18.3 Å². The van der Waals surface area contributed by atoms with Gasteiger partial charge in [-0.25, -0.2) is 14.5 Å². The van der Waals surface area contributed by atoms with Gasteiger partial charge in [0.15, 0.2) is 11.3 Å². The Morgan fingerprint density at radius 2 is 1.96 bits per heavy atom. The Hall–Kier alpha value is -2.90. The number of halogens is 3. The Bertz CT molecular complexity index is 919. The number of esters is 1. The maximum atomic E-state index is 13.2. The third-order valence-corrected chi connectivity index (χ3v) is 3.62. The van der Waals surface area contributed by atoms with Crippen LogP contribution in [0.25, 0.3) is 11.0 Å².